The molecule has 0 unspecified atom stereocenters. The van der Waals surface area contributed by atoms with Gasteiger partial charge in [-0.25, -0.2) is 0 Å². The molecule has 0 radical (unpaired) electrons. The molecule has 4 rings (SSSR count). The Kier molecular flexibility index (Phi) is 7.19. The Morgan fingerprint density at radius 1 is 1.03 bits per heavy atom. The number of hydrogen-bond donors (Lipinski definition) is 2. The topological polar surface area (TPSA) is 99.5 Å². The van der Waals surface area contributed by atoms with E-state index in [4.69, 9.17) is 9.47 Å². The Labute approximate surface area is 199 Å². The summed E-state index contributed by atoms with van der Waals surface area (Å²) in [7, 11) is 0. The minimum Gasteiger partial charge on any atom is -0.508 e. The van der Waals surface area contributed by atoms with Crippen molar-refractivity contribution in [3.05, 3.63) is 65.2 Å². The summed E-state index contributed by atoms with van der Waals surface area (Å²) in [4.78, 5) is 29.9. The number of phenols is 1. The average Bonchev–Trinajstić information content (AvgIpc) is 3.08. The zero-order valence-corrected chi connectivity index (χ0v) is 19.4. The number of aromatic hydroxyl groups is 1. The van der Waals surface area contributed by atoms with E-state index in [1.165, 1.54) is 17.0 Å². The van der Waals surface area contributed by atoms with Crippen LogP contribution in [-0.2, 0) is 14.3 Å². The largest absolute Gasteiger partial charge is 0.508 e. The Morgan fingerprint density at radius 2 is 1.68 bits per heavy atom. The number of aliphatic hydroxyl groups excluding tert-OH is 1. The number of rotatable bonds is 7. The molecule has 2 fully saturated rings. The lowest BCUT2D eigenvalue weighted by Crippen LogP contribution is -2.42. The summed E-state index contributed by atoms with van der Waals surface area (Å²) in [5.74, 6) is -0.878. The molecular formula is C26H30N2O6. The Balaban J connectivity index is 1.69. The number of aliphatic hydroxyl groups is 1. The van der Waals surface area contributed by atoms with E-state index in [1.807, 2.05) is 13.8 Å². The summed E-state index contributed by atoms with van der Waals surface area (Å²) in [5.41, 5.74) is 1.10. The fraction of sp³-hybridized carbons (Fsp3) is 0.385. The first-order valence-corrected chi connectivity index (χ1v) is 11.5. The number of nitrogens with zero attached hydrogens (tertiary/aromatic N) is 2. The number of morpholine rings is 1. The third-order valence-corrected chi connectivity index (χ3v) is 6.01. The smallest absolute Gasteiger partial charge is 0.295 e. The first-order chi connectivity index (χ1) is 16.3. The van der Waals surface area contributed by atoms with Crippen molar-refractivity contribution in [3.63, 3.8) is 0 Å². The number of hydrogen-bond acceptors (Lipinski definition) is 7. The second-order valence-electron chi connectivity index (χ2n) is 8.73. The minimum absolute atomic E-state index is 0.00531. The lowest BCUT2D eigenvalue weighted by molar-refractivity contribution is -0.140. The molecule has 2 aliphatic rings. The predicted octanol–water partition coefficient (Wildman–Crippen LogP) is 2.93. The molecule has 0 aromatic heterocycles. The van der Waals surface area contributed by atoms with Gasteiger partial charge in [-0.3, -0.25) is 14.5 Å². The van der Waals surface area contributed by atoms with Crippen LogP contribution in [0.15, 0.2) is 54.1 Å². The number of amides is 1. The maximum Gasteiger partial charge on any atom is 0.295 e. The summed E-state index contributed by atoms with van der Waals surface area (Å²) < 4.78 is 11.0. The molecule has 0 aliphatic carbocycles. The van der Waals surface area contributed by atoms with Crippen molar-refractivity contribution < 1.29 is 29.3 Å². The molecule has 2 N–H and O–H groups in total. The van der Waals surface area contributed by atoms with E-state index >= 15 is 0 Å². The highest BCUT2D eigenvalue weighted by molar-refractivity contribution is 6.46. The first kappa shape index (κ1) is 23.8. The summed E-state index contributed by atoms with van der Waals surface area (Å²) in [6.07, 6.45) is 0.00531. The van der Waals surface area contributed by atoms with Crippen LogP contribution in [0.2, 0.25) is 0 Å². The third kappa shape index (κ3) is 5.08. The normalized spacial score (nSPS) is 20.8. The number of ether oxygens (including phenoxy) is 2. The van der Waals surface area contributed by atoms with Crippen molar-refractivity contribution in [1.82, 2.24) is 9.80 Å². The van der Waals surface area contributed by atoms with Crippen molar-refractivity contribution in [1.29, 1.82) is 0 Å². The molecule has 0 bridgehead atoms. The first-order valence-electron chi connectivity index (χ1n) is 11.5. The van der Waals surface area contributed by atoms with Gasteiger partial charge in [0, 0.05) is 31.7 Å². The van der Waals surface area contributed by atoms with Gasteiger partial charge in [0.25, 0.3) is 11.7 Å². The predicted molar refractivity (Wildman–Crippen MR) is 127 cm³/mol. The van der Waals surface area contributed by atoms with Gasteiger partial charge in [-0.05, 0) is 55.8 Å². The number of ketones is 1. The summed E-state index contributed by atoms with van der Waals surface area (Å²) >= 11 is 0. The van der Waals surface area contributed by atoms with Crippen LogP contribution in [0.1, 0.15) is 31.0 Å². The van der Waals surface area contributed by atoms with Crippen molar-refractivity contribution in [2.75, 3.05) is 39.4 Å². The fourth-order valence-electron chi connectivity index (χ4n) is 4.31. The van der Waals surface area contributed by atoms with Gasteiger partial charge >= 0.3 is 0 Å². The SMILES string of the molecule is CC(C)Oc1ccc(/C(O)=C2\C(=O)C(=O)N(CCN3CCOCC3)[C@@H]2c2ccc(O)cc2)cc1. The molecule has 1 amide bonds. The molecular weight excluding hydrogens is 436 g/mol. The Morgan fingerprint density at radius 3 is 2.29 bits per heavy atom. The molecule has 2 aromatic carbocycles. The van der Waals surface area contributed by atoms with E-state index in [-0.39, 0.29) is 23.2 Å². The highest BCUT2D eigenvalue weighted by atomic mass is 16.5. The van der Waals surface area contributed by atoms with Crippen LogP contribution in [-0.4, -0.2) is 77.2 Å². The van der Waals surface area contributed by atoms with E-state index in [9.17, 15) is 19.8 Å². The quantitative estimate of drug-likeness (QED) is 0.368. The second kappa shape index (κ2) is 10.3. The summed E-state index contributed by atoms with van der Waals surface area (Å²) in [5, 5.41) is 20.9. The molecule has 8 nitrogen and oxygen atoms in total. The molecule has 2 aromatic rings. The molecule has 34 heavy (non-hydrogen) atoms. The van der Waals surface area contributed by atoms with Crippen molar-refractivity contribution in [2.24, 2.45) is 0 Å². The highest BCUT2D eigenvalue weighted by Gasteiger charge is 2.46. The molecule has 2 heterocycles. The number of phenolic OH excluding ortho intramolecular Hbond substituents is 1. The van der Waals surface area contributed by atoms with E-state index in [0.717, 1.165) is 13.1 Å². The maximum absolute atomic E-state index is 13.1. The molecule has 2 aliphatic heterocycles. The van der Waals surface area contributed by atoms with Gasteiger partial charge in [0.1, 0.15) is 17.3 Å². The van der Waals surface area contributed by atoms with Gasteiger partial charge in [0.05, 0.1) is 30.9 Å². The van der Waals surface area contributed by atoms with Gasteiger partial charge in [-0.15, -0.1) is 0 Å². The molecule has 1 atom stereocenters. The second-order valence-corrected chi connectivity index (χ2v) is 8.73. The molecule has 0 spiro atoms. The van der Waals surface area contributed by atoms with Crippen LogP contribution in [0.3, 0.4) is 0 Å². The number of carbonyl (C=O) groups excluding carboxylic acids is 2. The summed E-state index contributed by atoms with van der Waals surface area (Å²) in [6, 6.07) is 12.4. The van der Waals surface area contributed by atoms with Crippen LogP contribution >= 0.6 is 0 Å². The Bertz CT molecular complexity index is 1060. The molecule has 0 saturated carbocycles. The number of carbonyl (C=O) groups is 2. The standard InChI is InChI=1S/C26H30N2O6/c1-17(2)34-21-9-5-19(6-10-21)24(30)22-23(18-3-7-20(29)8-4-18)28(26(32)25(22)31)12-11-27-13-15-33-16-14-27/h3-10,17,23,29-30H,11-16H2,1-2H3/b24-22+/t23-/m1/s1. The van der Waals surface area contributed by atoms with Gasteiger partial charge < -0.3 is 24.6 Å². The number of likely N-dealkylation sites (tertiary alicyclic amines) is 1. The summed E-state index contributed by atoms with van der Waals surface area (Å²) in [6.45, 7) is 7.55. The van der Waals surface area contributed by atoms with E-state index in [2.05, 4.69) is 4.90 Å². The van der Waals surface area contributed by atoms with Crippen molar-refractivity contribution >= 4 is 17.4 Å². The molecule has 2 saturated heterocycles. The van der Waals surface area contributed by atoms with Crippen molar-refractivity contribution in [3.8, 4) is 11.5 Å². The third-order valence-electron chi connectivity index (χ3n) is 6.01. The number of Topliss-reactive ketones (excluding diaryl/α,β-unsaturated/α-hetero) is 1. The van der Waals surface area contributed by atoms with E-state index in [1.54, 1.807) is 36.4 Å². The van der Waals surface area contributed by atoms with Crippen LogP contribution in [0.4, 0.5) is 0 Å². The van der Waals surface area contributed by atoms with Crippen LogP contribution in [0, 0.1) is 0 Å². The van der Waals surface area contributed by atoms with E-state index < -0.39 is 17.7 Å². The molecule has 180 valence electrons. The van der Waals surface area contributed by atoms with E-state index in [0.29, 0.717) is 43.2 Å². The lowest BCUT2D eigenvalue weighted by Gasteiger charge is -2.31. The highest BCUT2D eigenvalue weighted by Crippen LogP contribution is 2.39. The van der Waals surface area contributed by atoms with Crippen molar-refractivity contribution in [2.45, 2.75) is 26.0 Å². The molecule has 8 heteroatoms. The van der Waals surface area contributed by atoms with Gasteiger partial charge in [-0.2, -0.15) is 0 Å². The van der Waals surface area contributed by atoms with Crippen LogP contribution < -0.4 is 4.74 Å². The van der Waals surface area contributed by atoms with Crippen LogP contribution in [0.25, 0.3) is 5.76 Å². The Hall–Kier alpha value is -3.36. The zero-order valence-electron chi connectivity index (χ0n) is 19.4. The van der Waals surface area contributed by atoms with Gasteiger partial charge in [0.15, 0.2) is 0 Å². The minimum atomic E-state index is -0.756. The fourth-order valence-corrected chi connectivity index (χ4v) is 4.31. The monoisotopic (exact) mass is 466 g/mol. The van der Waals surface area contributed by atoms with Crippen LogP contribution in [0.5, 0.6) is 11.5 Å². The van der Waals surface area contributed by atoms with Gasteiger partial charge in [0.2, 0.25) is 0 Å². The average molecular weight is 467 g/mol. The number of benzene rings is 2. The zero-order chi connectivity index (χ0) is 24.2. The van der Waals surface area contributed by atoms with Gasteiger partial charge in [-0.1, -0.05) is 12.1 Å². The maximum atomic E-state index is 13.1. The lowest BCUT2D eigenvalue weighted by atomic mass is 9.95.